The average Bonchev–Trinajstić information content (AvgIpc) is 3.16. The molecule has 2 fully saturated rings. The highest BCUT2D eigenvalue weighted by atomic mass is 15.3. The monoisotopic (exact) mass is 293 g/mol. The summed E-state index contributed by atoms with van der Waals surface area (Å²) < 4.78 is 2.17. The van der Waals surface area contributed by atoms with Crippen LogP contribution in [0.2, 0.25) is 0 Å². The van der Waals surface area contributed by atoms with Gasteiger partial charge in [-0.25, -0.2) is 0 Å². The van der Waals surface area contributed by atoms with E-state index in [4.69, 9.17) is 0 Å². The standard InChI is InChI=1S/C19H23N3/c1-2-6-16(7-3-1)8-4-12-21-17-9-10-18(21)15-19(14-17)22-13-5-11-20-22/h1-8,11,13,17-19H,9-10,12,14-15H2/b8-4+. The summed E-state index contributed by atoms with van der Waals surface area (Å²) in [6.07, 6.45) is 13.8. The number of piperidine rings is 1. The molecule has 2 aromatic rings. The van der Waals surface area contributed by atoms with Gasteiger partial charge in [0.2, 0.25) is 0 Å². The van der Waals surface area contributed by atoms with Crippen LogP contribution in [0, 0.1) is 0 Å². The minimum Gasteiger partial charge on any atom is -0.294 e. The van der Waals surface area contributed by atoms with Gasteiger partial charge in [-0.3, -0.25) is 9.58 Å². The second-order valence-corrected chi connectivity index (χ2v) is 6.51. The molecule has 22 heavy (non-hydrogen) atoms. The summed E-state index contributed by atoms with van der Waals surface area (Å²) in [5.74, 6) is 0. The molecule has 3 heterocycles. The Morgan fingerprint density at radius 2 is 1.77 bits per heavy atom. The molecule has 3 nitrogen and oxygen atoms in total. The highest BCUT2D eigenvalue weighted by Gasteiger charge is 2.40. The quantitative estimate of drug-likeness (QED) is 0.855. The Labute approximate surface area is 132 Å². The van der Waals surface area contributed by atoms with Crippen molar-refractivity contribution in [2.75, 3.05) is 6.54 Å². The minimum absolute atomic E-state index is 0.599. The van der Waals surface area contributed by atoms with Crippen molar-refractivity contribution < 1.29 is 0 Å². The lowest BCUT2D eigenvalue weighted by molar-refractivity contribution is 0.116. The van der Waals surface area contributed by atoms with E-state index in [1.54, 1.807) is 0 Å². The van der Waals surface area contributed by atoms with Gasteiger partial charge in [-0.1, -0.05) is 42.5 Å². The van der Waals surface area contributed by atoms with E-state index >= 15 is 0 Å². The Bertz CT molecular complexity index is 603. The lowest BCUT2D eigenvalue weighted by atomic mass is 9.97. The van der Waals surface area contributed by atoms with Crippen LogP contribution in [-0.4, -0.2) is 33.3 Å². The van der Waals surface area contributed by atoms with Crippen LogP contribution in [-0.2, 0) is 0 Å². The molecule has 0 radical (unpaired) electrons. The van der Waals surface area contributed by atoms with Crippen LogP contribution in [0.5, 0.6) is 0 Å². The van der Waals surface area contributed by atoms with E-state index < -0.39 is 0 Å². The van der Waals surface area contributed by atoms with Gasteiger partial charge in [0.05, 0.1) is 6.04 Å². The van der Waals surface area contributed by atoms with Crippen molar-refractivity contribution in [2.24, 2.45) is 0 Å². The molecule has 0 N–H and O–H groups in total. The van der Waals surface area contributed by atoms with Gasteiger partial charge in [0.1, 0.15) is 0 Å². The number of aromatic nitrogens is 2. The van der Waals surface area contributed by atoms with Crippen molar-refractivity contribution in [3.8, 4) is 0 Å². The van der Waals surface area contributed by atoms with E-state index in [1.807, 2.05) is 12.3 Å². The zero-order valence-corrected chi connectivity index (χ0v) is 12.9. The third-order valence-corrected chi connectivity index (χ3v) is 5.18. The van der Waals surface area contributed by atoms with Gasteiger partial charge in [-0.15, -0.1) is 0 Å². The summed E-state index contributed by atoms with van der Waals surface area (Å²) >= 11 is 0. The number of rotatable bonds is 4. The molecule has 0 aliphatic carbocycles. The highest BCUT2D eigenvalue weighted by Crippen LogP contribution is 2.40. The van der Waals surface area contributed by atoms with Crippen molar-refractivity contribution in [1.29, 1.82) is 0 Å². The summed E-state index contributed by atoms with van der Waals surface area (Å²) in [5.41, 5.74) is 1.29. The van der Waals surface area contributed by atoms with E-state index in [0.29, 0.717) is 6.04 Å². The van der Waals surface area contributed by atoms with Crippen LogP contribution in [0.15, 0.2) is 54.9 Å². The largest absolute Gasteiger partial charge is 0.294 e. The SMILES string of the molecule is C(=C\c1ccccc1)/CN1C2CCC1CC(n1cccn1)C2. The minimum atomic E-state index is 0.599. The van der Waals surface area contributed by atoms with Crippen molar-refractivity contribution in [3.05, 3.63) is 60.4 Å². The van der Waals surface area contributed by atoms with Gasteiger partial charge >= 0.3 is 0 Å². The fraction of sp³-hybridized carbons (Fsp3) is 0.421. The second-order valence-electron chi connectivity index (χ2n) is 6.51. The molecule has 2 bridgehead atoms. The molecule has 1 aromatic heterocycles. The van der Waals surface area contributed by atoms with Gasteiger partial charge < -0.3 is 0 Å². The first kappa shape index (κ1) is 13.8. The molecular weight excluding hydrogens is 270 g/mol. The second kappa shape index (κ2) is 6.09. The first-order chi connectivity index (χ1) is 10.9. The summed E-state index contributed by atoms with van der Waals surface area (Å²) in [6, 6.07) is 14.7. The smallest absolute Gasteiger partial charge is 0.0549 e. The maximum Gasteiger partial charge on any atom is 0.0549 e. The number of hydrogen-bond acceptors (Lipinski definition) is 2. The van der Waals surface area contributed by atoms with Crippen LogP contribution < -0.4 is 0 Å². The predicted molar refractivity (Wildman–Crippen MR) is 89.5 cm³/mol. The average molecular weight is 293 g/mol. The molecule has 1 aromatic carbocycles. The van der Waals surface area contributed by atoms with E-state index in [9.17, 15) is 0 Å². The first-order valence-electron chi connectivity index (χ1n) is 8.36. The van der Waals surface area contributed by atoms with Crippen LogP contribution >= 0.6 is 0 Å². The molecule has 2 saturated heterocycles. The van der Waals surface area contributed by atoms with Crippen LogP contribution in [0.3, 0.4) is 0 Å². The Hall–Kier alpha value is -1.87. The van der Waals surface area contributed by atoms with Crippen LogP contribution in [0.4, 0.5) is 0 Å². The highest BCUT2D eigenvalue weighted by molar-refractivity contribution is 5.48. The van der Waals surface area contributed by atoms with Crippen LogP contribution in [0.25, 0.3) is 6.08 Å². The number of fused-ring (bicyclic) bond motifs is 2. The Morgan fingerprint density at radius 1 is 1.00 bits per heavy atom. The maximum absolute atomic E-state index is 4.45. The van der Waals surface area contributed by atoms with Crippen LogP contribution in [0.1, 0.15) is 37.3 Å². The van der Waals surface area contributed by atoms with Crippen molar-refractivity contribution in [2.45, 2.75) is 43.8 Å². The molecule has 2 unspecified atom stereocenters. The number of benzene rings is 1. The van der Waals surface area contributed by atoms with E-state index in [1.165, 1.54) is 31.2 Å². The number of nitrogens with zero attached hydrogens (tertiary/aromatic N) is 3. The zero-order valence-electron chi connectivity index (χ0n) is 12.9. The maximum atomic E-state index is 4.45. The zero-order chi connectivity index (χ0) is 14.8. The normalized spacial score (nSPS) is 28.5. The molecule has 4 rings (SSSR count). The summed E-state index contributed by atoms with van der Waals surface area (Å²) in [7, 11) is 0. The lowest BCUT2D eigenvalue weighted by Crippen LogP contribution is -2.43. The Morgan fingerprint density at radius 3 is 2.45 bits per heavy atom. The van der Waals surface area contributed by atoms with Crippen molar-refractivity contribution >= 4 is 6.08 Å². The van der Waals surface area contributed by atoms with E-state index in [0.717, 1.165) is 18.6 Å². The molecule has 0 amide bonds. The van der Waals surface area contributed by atoms with Gasteiger partial charge in [-0.05, 0) is 37.3 Å². The first-order valence-corrected chi connectivity index (χ1v) is 8.36. The fourth-order valence-electron chi connectivity index (χ4n) is 4.13. The van der Waals surface area contributed by atoms with E-state index in [2.05, 4.69) is 63.4 Å². The molecule has 2 aliphatic heterocycles. The molecule has 3 heteroatoms. The fourth-order valence-corrected chi connectivity index (χ4v) is 4.13. The summed E-state index contributed by atoms with van der Waals surface area (Å²) in [5, 5.41) is 4.45. The summed E-state index contributed by atoms with van der Waals surface area (Å²) in [4.78, 5) is 2.71. The van der Waals surface area contributed by atoms with Gasteiger partial charge in [0.15, 0.2) is 0 Å². The van der Waals surface area contributed by atoms with E-state index in [-0.39, 0.29) is 0 Å². The Balaban J connectivity index is 1.39. The topological polar surface area (TPSA) is 21.1 Å². The summed E-state index contributed by atoms with van der Waals surface area (Å²) in [6.45, 7) is 1.08. The predicted octanol–water partition coefficient (Wildman–Crippen LogP) is 3.76. The molecule has 0 spiro atoms. The van der Waals surface area contributed by atoms with Gasteiger partial charge in [0.25, 0.3) is 0 Å². The molecule has 2 aliphatic rings. The number of hydrogen-bond donors (Lipinski definition) is 0. The molecule has 2 atom stereocenters. The third kappa shape index (κ3) is 2.73. The van der Waals surface area contributed by atoms with Crippen molar-refractivity contribution in [3.63, 3.8) is 0 Å². The Kier molecular flexibility index (Phi) is 3.81. The molecule has 0 saturated carbocycles. The third-order valence-electron chi connectivity index (χ3n) is 5.18. The van der Waals surface area contributed by atoms with Crippen molar-refractivity contribution in [1.82, 2.24) is 14.7 Å². The van der Waals surface area contributed by atoms with Gasteiger partial charge in [0, 0.05) is 31.0 Å². The van der Waals surface area contributed by atoms with Gasteiger partial charge in [-0.2, -0.15) is 5.10 Å². The molecular formula is C19H23N3. The molecule has 114 valence electrons. The lowest BCUT2D eigenvalue weighted by Gasteiger charge is -2.38.